The maximum atomic E-state index is 12.4. The van der Waals surface area contributed by atoms with Crippen molar-refractivity contribution >= 4 is 5.82 Å². The zero-order valence-electron chi connectivity index (χ0n) is 16.1. The summed E-state index contributed by atoms with van der Waals surface area (Å²) in [5.74, 6) is 2.57. The molecule has 1 aliphatic heterocycles. The molecule has 142 valence electrons. The van der Waals surface area contributed by atoms with E-state index in [0.29, 0.717) is 5.92 Å². The van der Waals surface area contributed by atoms with E-state index in [-0.39, 0.29) is 5.56 Å². The number of aromatic nitrogens is 4. The summed E-state index contributed by atoms with van der Waals surface area (Å²) in [4.78, 5) is 24.2. The highest BCUT2D eigenvalue weighted by atomic mass is 16.1. The molecule has 2 aromatic rings. The Kier molecular flexibility index (Phi) is 4.21. The summed E-state index contributed by atoms with van der Waals surface area (Å²) in [7, 11) is 0. The third-order valence-electron chi connectivity index (χ3n) is 6.39. The van der Waals surface area contributed by atoms with Gasteiger partial charge in [-0.15, -0.1) is 0 Å². The third kappa shape index (κ3) is 3.15. The number of hydrogen-bond acceptors (Lipinski definition) is 5. The second kappa shape index (κ2) is 6.73. The van der Waals surface area contributed by atoms with Crippen LogP contribution < -0.4 is 10.5 Å². The molecule has 6 heteroatoms. The lowest BCUT2D eigenvalue weighted by molar-refractivity contribution is 0.332. The van der Waals surface area contributed by atoms with Gasteiger partial charge >= 0.3 is 0 Å². The minimum atomic E-state index is 0.0716. The first-order valence-corrected chi connectivity index (χ1v) is 10.4. The Hall–Kier alpha value is -2.24. The lowest BCUT2D eigenvalue weighted by atomic mass is 9.96. The lowest BCUT2D eigenvalue weighted by Gasteiger charge is -2.34. The van der Waals surface area contributed by atoms with E-state index in [9.17, 15) is 4.79 Å². The molecule has 3 heterocycles. The van der Waals surface area contributed by atoms with Gasteiger partial charge in [0.25, 0.3) is 5.56 Å². The maximum absolute atomic E-state index is 12.4. The van der Waals surface area contributed by atoms with Crippen LogP contribution in [0.15, 0.2) is 10.9 Å². The molecule has 0 N–H and O–H groups in total. The van der Waals surface area contributed by atoms with Gasteiger partial charge in [0.1, 0.15) is 11.6 Å². The second-order valence-electron chi connectivity index (χ2n) is 8.29. The van der Waals surface area contributed by atoms with E-state index >= 15 is 0 Å². The highest BCUT2D eigenvalue weighted by molar-refractivity contribution is 5.51. The standard InChI is InChI=1S/C21H27N5O/c1-14-22-19-7-3-5-17(19)21(23-14)25-10-8-15(9-11-25)13-26-20(27)12-16-4-2-6-18(16)24-26/h12,15H,2-11,13H2,1H3. The summed E-state index contributed by atoms with van der Waals surface area (Å²) in [5, 5.41) is 4.65. The monoisotopic (exact) mass is 365 g/mol. The summed E-state index contributed by atoms with van der Waals surface area (Å²) in [6.45, 7) is 4.77. The van der Waals surface area contributed by atoms with Crippen molar-refractivity contribution in [3.63, 3.8) is 0 Å². The fraction of sp³-hybridized carbons (Fsp3) is 0.619. The number of piperidine rings is 1. The first-order chi connectivity index (χ1) is 13.2. The van der Waals surface area contributed by atoms with Crippen LogP contribution in [0.3, 0.4) is 0 Å². The quantitative estimate of drug-likeness (QED) is 0.835. The van der Waals surface area contributed by atoms with Gasteiger partial charge in [-0.1, -0.05) is 0 Å². The minimum Gasteiger partial charge on any atom is -0.356 e. The van der Waals surface area contributed by atoms with Gasteiger partial charge in [0.2, 0.25) is 0 Å². The van der Waals surface area contributed by atoms with Crippen molar-refractivity contribution < 1.29 is 0 Å². The van der Waals surface area contributed by atoms with Crippen molar-refractivity contribution in [2.75, 3.05) is 18.0 Å². The fourth-order valence-corrected chi connectivity index (χ4v) is 4.94. The van der Waals surface area contributed by atoms with Crippen LogP contribution in [0.4, 0.5) is 5.82 Å². The molecule has 6 nitrogen and oxygen atoms in total. The number of rotatable bonds is 3. The summed E-state index contributed by atoms with van der Waals surface area (Å²) in [5.41, 5.74) is 5.00. The van der Waals surface area contributed by atoms with E-state index < -0.39 is 0 Å². The van der Waals surface area contributed by atoms with E-state index in [0.717, 1.165) is 76.1 Å². The van der Waals surface area contributed by atoms with Crippen molar-refractivity contribution in [1.82, 2.24) is 19.7 Å². The number of anilines is 1. The molecule has 0 spiro atoms. The van der Waals surface area contributed by atoms with Crippen LogP contribution in [0.5, 0.6) is 0 Å². The molecule has 2 aromatic heterocycles. The maximum Gasteiger partial charge on any atom is 0.267 e. The first kappa shape index (κ1) is 16.9. The molecule has 1 saturated heterocycles. The molecule has 0 unspecified atom stereocenters. The number of nitrogens with zero attached hydrogens (tertiary/aromatic N) is 5. The van der Waals surface area contributed by atoms with Crippen LogP contribution in [0.1, 0.15) is 54.0 Å². The fourth-order valence-electron chi connectivity index (χ4n) is 4.94. The van der Waals surface area contributed by atoms with Gasteiger partial charge in [-0.25, -0.2) is 14.6 Å². The molecule has 1 fully saturated rings. The molecular weight excluding hydrogens is 338 g/mol. The van der Waals surface area contributed by atoms with E-state index in [4.69, 9.17) is 4.98 Å². The summed E-state index contributed by atoms with van der Waals surface area (Å²) >= 11 is 0. The van der Waals surface area contributed by atoms with Crippen LogP contribution in [-0.4, -0.2) is 32.8 Å². The number of aryl methyl sites for hydroxylation is 4. The predicted octanol–water partition coefficient (Wildman–Crippen LogP) is 2.24. The molecule has 0 amide bonds. The second-order valence-corrected chi connectivity index (χ2v) is 8.29. The van der Waals surface area contributed by atoms with E-state index in [2.05, 4.69) is 15.0 Å². The molecular formula is C21H27N5O. The highest BCUT2D eigenvalue weighted by Crippen LogP contribution is 2.31. The van der Waals surface area contributed by atoms with Gasteiger partial charge in [0.05, 0.1) is 5.69 Å². The SMILES string of the molecule is Cc1nc2c(c(N3CCC(Cn4nc5c(cc4=O)CCC5)CC3)n1)CCC2. The molecule has 0 radical (unpaired) electrons. The summed E-state index contributed by atoms with van der Waals surface area (Å²) in [6.07, 6.45) is 8.74. The van der Waals surface area contributed by atoms with Gasteiger partial charge < -0.3 is 4.90 Å². The average Bonchev–Trinajstić information content (AvgIpc) is 3.30. The Bertz CT molecular complexity index is 927. The van der Waals surface area contributed by atoms with Crippen LogP contribution >= 0.6 is 0 Å². The Morgan fingerprint density at radius 2 is 1.81 bits per heavy atom. The van der Waals surface area contributed by atoms with Gasteiger partial charge in [-0.3, -0.25) is 4.79 Å². The Labute approximate surface area is 159 Å². The van der Waals surface area contributed by atoms with Crippen LogP contribution in [0.25, 0.3) is 0 Å². The van der Waals surface area contributed by atoms with Crippen molar-refractivity contribution in [2.24, 2.45) is 5.92 Å². The third-order valence-corrected chi connectivity index (χ3v) is 6.39. The normalized spacial score (nSPS) is 19.4. The van der Waals surface area contributed by atoms with Crippen molar-refractivity contribution in [3.05, 3.63) is 44.8 Å². The van der Waals surface area contributed by atoms with Crippen LogP contribution in [0.2, 0.25) is 0 Å². The van der Waals surface area contributed by atoms with Gasteiger partial charge in [0.15, 0.2) is 0 Å². The van der Waals surface area contributed by atoms with Crippen molar-refractivity contribution in [2.45, 2.75) is 64.8 Å². The molecule has 2 aliphatic carbocycles. The van der Waals surface area contributed by atoms with E-state index in [1.54, 1.807) is 4.68 Å². The van der Waals surface area contributed by atoms with E-state index in [1.165, 1.54) is 29.1 Å². The molecule has 5 rings (SSSR count). The summed E-state index contributed by atoms with van der Waals surface area (Å²) < 4.78 is 1.72. The lowest BCUT2D eigenvalue weighted by Crippen LogP contribution is -2.38. The van der Waals surface area contributed by atoms with Crippen LogP contribution in [-0.2, 0) is 32.2 Å². The molecule has 0 atom stereocenters. The zero-order chi connectivity index (χ0) is 18.4. The first-order valence-electron chi connectivity index (χ1n) is 10.4. The van der Waals surface area contributed by atoms with E-state index in [1.807, 2.05) is 13.0 Å². The number of hydrogen-bond donors (Lipinski definition) is 0. The van der Waals surface area contributed by atoms with Crippen molar-refractivity contribution in [1.29, 1.82) is 0 Å². The van der Waals surface area contributed by atoms with Gasteiger partial charge in [0, 0.05) is 37.0 Å². The molecule has 27 heavy (non-hydrogen) atoms. The Morgan fingerprint density at radius 1 is 1.04 bits per heavy atom. The molecule has 0 bridgehead atoms. The van der Waals surface area contributed by atoms with Gasteiger partial charge in [-0.2, -0.15) is 5.10 Å². The minimum absolute atomic E-state index is 0.0716. The largest absolute Gasteiger partial charge is 0.356 e. The molecule has 0 aromatic carbocycles. The predicted molar refractivity (Wildman–Crippen MR) is 104 cm³/mol. The topological polar surface area (TPSA) is 63.9 Å². The zero-order valence-corrected chi connectivity index (χ0v) is 16.1. The Balaban J connectivity index is 1.28. The molecule has 0 saturated carbocycles. The molecule has 3 aliphatic rings. The smallest absolute Gasteiger partial charge is 0.267 e. The van der Waals surface area contributed by atoms with Gasteiger partial charge in [-0.05, 0) is 69.8 Å². The summed E-state index contributed by atoms with van der Waals surface area (Å²) in [6, 6.07) is 1.82. The Morgan fingerprint density at radius 3 is 2.67 bits per heavy atom. The van der Waals surface area contributed by atoms with Crippen LogP contribution in [0, 0.1) is 12.8 Å². The number of fused-ring (bicyclic) bond motifs is 2. The average molecular weight is 365 g/mol. The van der Waals surface area contributed by atoms with Crippen molar-refractivity contribution in [3.8, 4) is 0 Å². The highest BCUT2D eigenvalue weighted by Gasteiger charge is 2.26.